The van der Waals surface area contributed by atoms with E-state index in [1.54, 1.807) is 12.1 Å². The van der Waals surface area contributed by atoms with Gasteiger partial charge in [0.15, 0.2) is 17.5 Å². The Bertz CT molecular complexity index is 1230. The summed E-state index contributed by atoms with van der Waals surface area (Å²) in [5.41, 5.74) is 2.34. The maximum atomic E-state index is 13.7. The summed E-state index contributed by atoms with van der Waals surface area (Å²) >= 11 is 0. The molecule has 0 aliphatic heterocycles. The highest BCUT2D eigenvalue weighted by molar-refractivity contribution is 6.01. The largest absolute Gasteiger partial charge is 0.394 e. The Morgan fingerprint density at radius 2 is 1.68 bits per heavy atom. The molecule has 0 aliphatic rings. The topological polar surface area (TPSA) is 65.1 Å². The fourth-order valence-electron chi connectivity index (χ4n) is 3.63. The van der Waals surface area contributed by atoms with Crippen LogP contribution in [0.5, 0.6) is 0 Å². The smallest absolute Gasteiger partial charge is 0.252 e. The summed E-state index contributed by atoms with van der Waals surface area (Å²) in [6, 6.07) is 15.1. The number of halogens is 3. The Labute approximate surface area is 176 Å². The third-order valence-corrected chi connectivity index (χ3v) is 5.16. The van der Waals surface area contributed by atoms with Gasteiger partial charge in [0, 0.05) is 22.7 Å². The maximum absolute atomic E-state index is 13.7. The van der Waals surface area contributed by atoms with Gasteiger partial charge < -0.3 is 15.4 Å². The maximum Gasteiger partial charge on any atom is 0.252 e. The van der Waals surface area contributed by atoms with Crippen LogP contribution in [-0.4, -0.2) is 28.6 Å². The molecule has 0 radical (unpaired) electrons. The van der Waals surface area contributed by atoms with Gasteiger partial charge in [0.05, 0.1) is 12.6 Å². The second-order valence-corrected chi connectivity index (χ2v) is 7.22. The van der Waals surface area contributed by atoms with Crippen molar-refractivity contribution in [1.82, 2.24) is 10.3 Å². The van der Waals surface area contributed by atoms with E-state index < -0.39 is 29.4 Å². The summed E-state index contributed by atoms with van der Waals surface area (Å²) in [5.74, 6) is -4.75. The first-order valence-electron chi connectivity index (χ1n) is 9.68. The minimum Gasteiger partial charge on any atom is -0.394 e. The van der Waals surface area contributed by atoms with Crippen LogP contribution in [0.1, 0.15) is 15.9 Å². The molecule has 4 rings (SSSR count). The van der Waals surface area contributed by atoms with Crippen molar-refractivity contribution in [1.29, 1.82) is 0 Å². The summed E-state index contributed by atoms with van der Waals surface area (Å²) in [4.78, 5) is 16.1. The number of hydrogen-bond acceptors (Lipinski definition) is 2. The molecule has 1 amide bonds. The quantitative estimate of drug-likeness (QED) is 0.397. The molecule has 7 heteroatoms. The summed E-state index contributed by atoms with van der Waals surface area (Å²) in [5, 5.41) is 13.6. The SMILES string of the molecule is O=C(N[C@@H](CO)Cc1c[nH]c2ccccc12)c1ccccc1-c1cc(F)c(F)c(F)c1. The summed E-state index contributed by atoms with van der Waals surface area (Å²) < 4.78 is 40.8. The lowest BCUT2D eigenvalue weighted by molar-refractivity contribution is 0.0917. The number of aromatic nitrogens is 1. The molecule has 4 aromatic rings. The Hall–Kier alpha value is -3.58. The fraction of sp³-hybridized carbons (Fsp3) is 0.125. The molecule has 31 heavy (non-hydrogen) atoms. The van der Waals surface area contributed by atoms with Crippen molar-refractivity contribution in [3.63, 3.8) is 0 Å². The Balaban J connectivity index is 1.60. The van der Waals surface area contributed by atoms with Crippen LogP contribution in [0.15, 0.2) is 66.9 Å². The number of H-pyrrole nitrogens is 1. The highest BCUT2D eigenvalue weighted by Crippen LogP contribution is 2.27. The number of aliphatic hydroxyl groups excluding tert-OH is 1. The van der Waals surface area contributed by atoms with Crippen LogP contribution in [0.2, 0.25) is 0 Å². The third kappa shape index (κ3) is 4.18. The van der Waals surface area contributed by atoms with Crippen LogP contribution in [0, 0.1) is 17.5 Å². The average Bonchev–Trinajstić information content (AvgIpc) is 3.19. The first-order chi connectivity index (χ1) is 15.0. The molecule has 3 N–H and O–H groups in total. The van der Waals surface area contributed by atoms with Gasteiger partial charge in [-0.25, -0.2) is 13.2 Å². The van der Waals surface area contributed by atoms with E-state index in [0.29, 0.717) is 6.42 Å². The number of carbonyl (C=O) groups excluding carboxylic acids is 1. The monoisotopic (exact) mass is 424 g/mol. The van der Waals surface area contributed by atoms with E-state index >= 15 is 0 Å². The second kappa shape index (κ2) is 8.65. The van der Waals surface area contributed by atoms with Crippen molar-refractivity contribution in [3.05, 3.63) is 95.4 Å². The lowest BCUT2D eigenvalue weighted by Crippen LogP contribution is -2.39. The van der Waals surface area contributed by atoms with Gasteiger partial charge in [0.1, 0.15) is 0 Å². The first-order valence-corrected chi connectivity index (χ1v) is 9.68. The van der Waals surface area contributed by atoms with Crippen molar-refractivity contribution in [2.45, 2.75) is 12.5 Å². The minimum atomic E-state index is -1.57. The molecule has 0 saturated heterocycles. The number of nitrogens with one attached hydrogen (secondary N) is 2. The standard InChI is InChI=1S/C24H19F3N2O2/c25-20-10-14(11-21(26)23(20)27)17-5-1-2-7-19(17)24(31)29-16(13-30)9-15-12-28-22-8-4-3-6-18(15)22/h1-8,10-12,16,28,30H,9,13H2,(H,29,31)/t16-/m1/s1. The van der Waals surface area contributed by atoms with Crippen LogP contribution in [-0.2, 0) is 6.42 Å². The van der Waals surface area contributed by atoms with Crippen LogP contribution in [0.4, 0.5) is 13.2 Å². The fourth-order valence-corrected chi connectivity index (χ4v) is 3.63. The van der Waals surface area contributed by atoms with E-state index in [9.17, 15) is 23.1 Å². The number of aromatic amines is 1. The molecule has 3 aromatic carbocycles. The van der Waals surface area contributed by atoms with Crippen molar-refractivity contribution < 1.29 is 23.1 Å². The lowest BCUT2D eigenvalue weighted by Gasteiger charge is -2.18. The van der Waals surface area contributed by atoms with E-state index in [-0.39, 0.29) is 23.3 Å². The van der Waals surface area contributed by atoms with E-state index in [4.69, 9.17) is 0 Å². The Morgan fingerprint density at radius 3 is 2.42 bits per heavy atom. The zero-order valence-corrected chi connectivity index (χ0v) is 16.3. The number of hydrogen-bond donors (Lipinski definition) is 3. The van der Waals surface area contributed by atoms with Crippen molar-refractivity contribution in [2.75, 3.05) is 6.61 Å². The van der Waals surface area contributed by atoms with Gasteiger partial charge in [-0.3, -0.25) is 4.79 Å². The van der Waals surface area contributed by atoms with Gasteiger partial charge in [-0.05, 0) is 47.4 Å². The van der Waals surface area contributed by atoms with Crippen LogP contribution >= 0.6 is 0 Å². The zero-order chi connectivity index (χ0) is 22.0. The molecule has 1 atom stereocenters. The molecule has 1 aromatic heterocycles. The third-order valence-electron chi connectivity index (χ3n) is 5.16. The number of benzene rings is 3. The number of amides is 1. The molecule has 0 saturated carbocycles. The summed E-state index contributed by atoms with van der Waals surface area (Å²) in [6.07, 6.45) is 2.21. The molecular weight excluding hydrogens is 405 g/mol. The summed E-state index contributed by atoms with van der Waals surface area (Å²) in [7, 11) is 0. The predicted octanol–water partition coefficient (Wildman–Crippen LogP) is 4.59. The first kappa shape index (κ1) is 20.7. The lowest BCUT2D eigenvalue weighted by atomic mass is 9.98. The molecule has 0 bridgehead atoms. The number of aliphatic hydroxyl groups is 1. The van der Waals surface area contributed by atoms with Gasteiger partial charge in [-0.2, -0.15) is 0 Å². The van der Waals surface area contributed by atoms with Gasteiger partial charge in [0.25, 0.3) is 5.91 Å². The molecule has 0 spiro atoms. The predicted molar refractivity (Wildman–Crippen MR) is 112 cm³/mol. The highest BCUT2D eigenvalue weighted by Gasteiger charge is 2.20. The molecule has 0 unspecified atom stereocenters. The zero-order valence-electron chi connectivity index (χ0n) is 16.3. The normalized spacial score (nSPS) is 12.1. The van der Waals surface area contributed by atoms with Gasteiger partial charge in [-0.15, -0.1) is 0 Å². The van der Waals surface area contributed by atoms with Gasteiger partial charge in [0.2, 0.25) is 0 Å². The van der Waals surface area contributed by atoms with Crippen LogP contribution in [0.25, 0.3) is 22.0 Å². The second-order valence-electron chi connectivity index (χ2n) is 7.22. The average molecular weight is 424 g/mol. The van der Waals surface area contributed by atoms with E-state index in [1.807, 2.05) is 30.5 Å². The van der Waals surface area contributed by atoms with Crippen LogP contribution < -0.4 is 5.32 Å². The molecule has 0 aliphatic carbocycles. The number of rotatable bonds is 6. The molecular formula is C24H19F3N2O2. The van der Waals surface area contributed by atoms with Crippen molar-refractivity contribution in [2.24, 2.45) is 0 Å². The van der Waals surface area contributed by atoms with E-state index in [2.05, 4.69) is 10.3 Å². The van der Waals surface area contributed by atoms with E-state index in [0.717, 1.165) is 28.6 Å². The number of carbonyl (C=O) groups is 1. The Kier molecular flexibility index (Phi) is 5.77. The van der Waals surface area contributed by atoms with Gasteiger partial charge in [-0.1, -0.05) is 36.4 Å². The summed E-state index contributed by atoms with van der Waals surface area (Å²) in [6.45, 7) is -0.298. The minimum absolute atomic E-state index is 0.0410. The van der Waals surface area contributed by atoms with Crippen LogP contribution in [0.3, 0.4) is 0 Å². The Morgan fingerprint density at radius 1 is 1.00 bits per heavy atom. The van der Waals surface area contributed by atoms with Crippen molar-refractivity contribution in [3.8, 4) is 11.1 Å². The van der Waals surface area contributed by atoms with E-state index in [1.165, 1.54) is 12.1 Å². The molecule has 1 heterocycles. The highest BCUT2D eigenvalue weighted by atomic mass is 19.2. The molecule has 0 fully saturated rings. The molecule has 158 valence electrons. The van der Waals surface area contributed by atoms with Crippen molar-refractivity contribution >= 4 is 16.8 Å². The molecule has 4 nitrogen and oxygen atoms in total. The number of fused-ring (bicyclic) bond motifs is 1. The van der Waals surface area contributed by atoms with Gasteiger partial charge >= 0.3 is 0 Å². The number of para-hydroxylation sites is 1.